The summed E-state index contributed by atoms with van der Waals surface area (Å²) >= 11 is 0. The minimum absolute atomic E-state index is 0.0717. The van der Waals surface area contributed by atoms with Crippen molar-refractivity contribution in [2.45, 2.75) is 32.1 Å². The van der Waals surface area contributed by atoms with E-state index in [1.165, 1.54) is 0 Å². The first-order chi connectivity index (χ1) is 5.09. The summed E-state index contributed by atoms with van der Waals surface area (Å²) in [6.45, 7) is 5.49. The Labute approximate surface area is 67.4 Å². The third-order valence-corrected chi connectivity index (χ3v) is 1.78. The zero-order valence-corrected chi connectivity index (χ0v) is 7.16. The van der Waals surface area contributed by atoms with Crippen molar-refractivity contribution in [1.29, 1.82) is 0 Å². The molecule has 0 amide bonds. The van der Waals surface area contributed by atoms with Crippen molar-refractivity contribution in [2.24, 2.45) is 11.6 Å². The molecule has 4 heteroatoms. The highest BCUT2D eigenvalue weighted by molar-refractivity contribution is 4.85. The van der Waals surface area contributed by atoms with Gasteiger partial charge < -0.3 is 10.5 Å². The van der Waals surface area contributed by atoms with Crippen LogP contribution in [0.5, 0.6) is 0 Å². The van der Waals surface area contributed by atoms with E-state index in [-0.39, 0.29) is 18.2 Å². The van der Waals surface area contributed by atoms with Gasteiger partial charge in [-0.3, -0.25) is 5.84 Å². The van der Waals surface area contributed by atoms with Crippen molar-refractivity contribution in [3.05, 3.63) is 0 Å². The standard InChI is InChI=1S/C7H17N3O/c1-5(2)11-7-4-10(9)3-6(7)8/h5-7H,3-4,8-9H2,1-2H3. The van der Waals surface area contributed by atoms with Crippen LogP contribution in [0.15, 0.2) is 0 Å². The molecular formula is C7H17N3O. The van der Waals surface area contributed by atoms with Crippen LogP contribution in [-0.2, 0) is 4.74 Å². The molecule has 0 aliphatic carbocycles. The highest BCUT2D eigenvalue weighted by Crippen LogP contribution is 2.10. The summed E-state index contributed by atoms with van der Waals surface area (Å²) in [6.07, 6.45) is 0.345. The molecule has 1 heterocycles. The molecule has 66 valence electrons. The molecule has 1 aliphatic heterocycles. The maximum atomic E-state index is 5.77. The van der Waals surface area contributed by atoms with Gasteiger partial charge in [0.05, 0.1) is 12.2 Å². The number of hydrazine groups is 1. The third kappa shape index (κ3) is 2.41. The molecule has 1 rings (SSSR count). The molecule has 11 heavy (non-hydrogen) atoms. The highest BCUT2D eigenvalue weighted by atomic mass is 16.5. The molecule has 0 radical (unpaired) electrons. The molecule has 0 aromatic rings. The zero-order valence-electron chi connectivity index (χ0n) is 7.16. The van der Waals surface area contributed by atoms with Crippen LogP contribution in [0, 0.1) is 0 Å². The van der Waals surface area contributed by atoms with Crippen molar-refractivity contribution in [3.8, 4) is 0 Å². The van der Waals surface area contributed by atoms with Gasteiger partial charge in [-0.05, 0) is 13.8 Å². The smallest absolute Gasteiger partial charge is 0.0883 e. The van der Waals surface area contributed by atoms with Crippen LogP contribution in [0.25, 0.3) is 0 Å². The number of nitrogens with zero attached hydrogens (tertiary/aromatic N) is 1. The lowest BCUT2D eigenvalue weighted by Crippen LogP contribution is -2.36. The van der Waals surface area contributed by atoms with E-state index in [1.54, 1.807) is 5.01 Å². The largest absolute Gasteiger partial charge is 0.373 e. The first-order valence-corrected chi connectivity index (χ1v) is 4.00. The van der Waals surface area contributed by atoms with Crippen molar-refractivity contribution in [1.82, 2.24) is 5.01 Å². The first kappa shape index (κ1) is 8.93. The number of nitrogens with two attached hydrogens (primary N) is 2. The van der Waals surface area contributed by atoms with Gasteiger partial charge in [-0.1, -0.05) is 0 Å². The van der Waals surface area contributed by atoms with E-state index in [4.69, 9.17) is 16.3 Å². The van der Waals surface area contributed by atoms with E-state index in [0.29, 0.717) is 0 Å². The van der Waals surface area contributed by atoms with Gasteiger partial charge in [0.15, 0.2) is 0 Å². The molecule has 1 aliphatic rings. The molecule has 0 spiro atoms. The van der Waals surface area contributed by atoms with Gasteiger partial charge in [0.1, 0.15) is 0 Å². The van der Waals surface area contributed by atoms with E-state index in [0.717, 1.165) is 13.1 Å². The van der Waals surface area contributed by atoms with Gasteiger partial charge in [-0.25, -0.2) is 5.01 Å². The Hall–Kier alpha value is -0.160. The third-order valence-electron chi connectivity index (χ3n) is 1.78. The van der Waals surface area contributed by atoms with Crippen LogP contribution >= 0.6 is 0 Å². The molecule has 0 aromatic carbocycles. The van der Waals surface area contributed by atoms with E-state index in [1.807, 2.05) is 13.8 Å². The summed E-state index contributed by atoms with van der Waals surface area (Å²) in [4.78, 5) is 0. The van der Waals surface area contributed by atoms with Crippen LogP contribution in [0.3, 0.4) is 0 Å². The Morgan fingerprint density at radius 3 is 2.45 bits per heavy atom. The lowest BCUT2D eigenvalue weighted by molar-refractivity contribution is 0.00705. The van der Waals surface area contributed by atoms with E-state index >= 15 is 0 Å². The van der Waals surface area contributed by atoms with Crippen molar-refractivity contribution >= 4 is 0 Å². The maximum Gasteiger partial charge on any atom is 0.0883 e. The molecule has 1 fully saturated rings. The van der Waals surface area contributed by atoms with E-state index in [2.05, 4.69) is 0 Å². The topological polar surface area (TPSA) is 64.5 Å². The van der Waals surface area contributed by atoms with Gasteiger partial charge >= 0.3 is 0 Å². The molecule has 0 bridgehead atoms. The van der Waals surface area contributed by atoms with Crippen LogP contribution in [-0.4, -0.2) is 36.3 Å². The SMILES string of the molecule is CC(C)OC1CN(N)CC1N. The van der Waals surface area contributed by atoms with Gasteiger partial charge in [0, 0.05) is 19.1 Å². The Morgan fingerprint density at radius 1 is 1.45 bits per heavy atom. The Balaban J connectivity index is 2.34. The monoisotopic (exact) mass is 159 g/mol. The first-order valence-electron chi connectivity index (χ1n) is 4.00. The molecule has 0 saturated carbocycles. The minimum Gasteiger partial charge on any atom is -0.373 e. The molecular weight excluding hydrogens is 142 g/mol. The summed E-state index contributed by atoms with van der Waals surface area (Å²) in [6, 6.07) is 0.0717. The second kappa shape index (κ2) is 3.49. The Bertz CT molecular complexity index is 129. The van der Waals surface area contributed by atoms with Gasteiger partial charge in [-0.15, -0.1) is 0 Å². The second-order valence-electron chi connectivity index (χ2n) is 3.34. The molecule has 4 N–H and O–H groups in total. The number of rotatable bonds is 2. The fourth-order valence-electron chi connectivity index (χ4n) is 1.32. The van der Waals surface area contributed by atoms with Crippen molar-refractivity contribution in [2.75, 3.05) is 13.1 Å². The van der Waals surface area contributed by atoms with Crippen LogP contribution in [0.2, 0.25) is 0 Å². The van der Waals surface area contributed by atoms with Gasteiger partial charge in [0.2, 0.25) is 0 Å². The predicted molar refractivity (Wildman–Crippen MR) is 43.7 cm³/mol. The Morgan fingerprint density at radius 2 is 2.09 bits per heavy atom. The number of ether oxygens (including phenoxy) is 1. The summed E-state index contributed by atoms with van der Waals surface area (Å²) in [5, 5.41) is 1.71. The fourth-order valence-corrected chi connectivity index (χ4v) is 1.32. The Kier molecular flexibility index (Phi) is 2.84. The van der Waals surface area contributed by atoms with Crippen LogP contribution in [0.1, 0.15) is 13.8 Å². The van der Waals surface area contributed by atoms with Crippen molar-refractivity contribution < 1.29 is 4.74 Å². The van der Waals surface area contributed by atoms with E-state index < -0.39 is 0 Å². The van der Waals surface area contributed by atoms with Gasteiger partial charge in [-0.2, -0.15) is 0 Å². The molecule has 1 saturated heterocycles. The van der Waals surface area contributed by atoms with Gasteiger partial charge in [0.25, 0.3) is 0 Å². The summed E-state index contributed by atoms with van der Waals surface area (Å²) in [5.41, 5.74) is 5.77. The summed E-state index contributed by atoms with van der Waals surface area (Å²) in [7, 11) is 0. The molecule has 2 unspecified atom stereocenters. The lowest BCUT2D eigenvalue weighted by atomic mass is 10.2. The molecule has 0 aromatic heterocycles. The number of hydrogen-bond acceptors (Lipinski definition) is 4. The normalized spacial score (nSPS) is 33.5. The van der Waals surface area contributed by atoms with Crippen LogP contribution in [0.4, 0.5) is 0 Å². The average Bonchev–Trinajstić information content (AvgIpc) is 2.09. The van der Waals surface area contributed by atoms with Crippen LogP contribution < -0.4 is 11.6 Å². The zero-order chi connectivity index (χ0) is 8.43. The quantitative estimate of drug-likeness (QED) is 0.523. The maximum absolute atomic E-state index is 5.77. The predicted octanol–water partition coefficient (Wildman–Crippen LogP) is -0.703. The summed E-state index contributed by atoms with van der Waals surface area (Å²) < 4.78 is 5.55. The molecule has 4 nitrogen and oxygen atoms in total. The number of hydrogen-bond donors (Lipinski definition) is 2. The highest BCUT2D eigenvalue weighted by Gasteiger charge is 2.29. The average molecular weight is 159 g/mol. The minimum atomic E-state index is 0.0717. The van der Waals surface area contributed by atoms with E-state index in [9.17, 15) is 0 Å². The summed E-state index contributed by atoms with van der Waals surface area (Å²) in [5.74, 6) is 5.56. The lowest BCUT2D eigenvalue weighted by Gasteiger charge is -2.17. The second-order valence-corrected chi connectivity index (χ2v) is 3.34. The molecule has 2 atom stereocenters. The van der Waals surface area contributed by atoms with Crippen molar-refractivity contribution in [3.63, 3.8) is 0 Å². The fraction of sp³-hybridized carbons (Fsp3) is 1.00.